The van der Waals surface area contributed by atoms with Gasteiger partial charge in [0.25, 0.3) is 0 Å². The van der Waals surface area contributed by atoms with Crippen LogP contribution in [0.15, 0.2) is 42.5 Å². The molecule has 0 spiro atoms. The molecular weight excluding hydrogens is 310 g/mol. The Kier molecular flexibility index (Phi) is 5.47. The number of benzene rings is 2. The average molecular weight is 333 g/mol. The number of Topliss-reactive ketones (excluding diaryl/α,β-unsaturated/α-hetero) is 1. The van der Waals surface area contributed by atoms with E-state index in [1.165, 1.54) is 37.1 Å². The van der Waals surface area contributed by atoms with Gasteiger partial charge in [-0.05, 0) is 62.2 Å². The van der Waals surface area contributed by atoms with E-state index in [2.05, 4.69) is 40.6 Å². The van der Waals surface area contributed by atoms with E-state index in [4.69, 9.17) is 5.26 Å². The fourth-order valence-electron chi connectivity index (χ4n) is 3.30. The molecule has 0 aliphatic carbocycles. The van der Waals surface area contributed by atoms with E-state index in [1.54, 1.807) is 25.1 Å². The smallest absolute Gasteiger partial charge is 0.161 e. The van der Waals surface area contributed by atoms with Crippen molar-refractivity contribution in [1.82, 2.24) is 4.90 Å². The lowest BCUT2D eigenvalue weighted by molar-refractivity contribution is 0.101. The molecule has 1 saturated heterocycles. The minimum atomic E-state index is -0.00484. The minimum absolute atomic E-state index is 0.00484. The van der Waals surface area contributed by atoms with Gasteiger partial charge in [-0.2, -0.15) is 5.26 Å². The van der Waals surface area contributed by atoms with Crippen LogP contribution in [0.1, 0.15) is 46.8 Å². The highest BCUT2D eigenvalue weighted by Gasteiger charge is 2.12. The van der Waals surface area contributed by atoms with E-state index < -0.39 is 0 Å². The summed E-state index contributed by atoms with van der Waals surface area (Å²) in [5.41, 5.74) is 4.38. The maximum absolute atomic E-state index is 11.8. The maximum Gasteiger partial charge on any atom is 0.161 e. The van der Waals surface area contributed by atoms with Crippen LogP contribution in [0.25, 0.3) is 0 Å². The molecule has 0 atom stereocenters. The maximum atomic E-state index is 11.8. The zero-order valence-corrected chi connectivity index (χ0v) is 14.6. The number of nitrogens with zero attached hydrogens (tertiary/aromatic N) is 2. The van der Waals surface area contributed by atoms with Gasteiger partial charge in [-0.1, -0.05) is 24.3 Å². The van der Waals surface area contributed by atoms with Gasteiger partial charge in [0.05, 0.1) is 11.6 Å². The summed E-state index contributed by atoms with van der Waals surface area (Å²) in [7, 11) is 0. The summed E-state index contributed by atoms with van der Waals surface area (Å²) < 4.78 is 0. The third kappa shape index (κ3) is 4.46. The fourth-order valence-corrected chi connectivity index (χ4v) is 3.30. The lowest BCUT2D eigenvalue weighted by Gasteiger charge is -2.16. The number of rotatable bonds is 6. The second-order valence-electron chi connectivity index (χ2n) is 6.59. The van der Waals surface area contributed by atoms with Crippen LogP contribution in [0.2, 0.25) is 0 Å². The van der Waals surface area contributed by atoms with Crippen LogP contribution in [0.4, 0.5) is 5.69 Å². The SMILES string of the molecule is CC(=O)c1ccc(C#N)cc1NCc1cccc(CN2CCCC2)c1. The lowest BCUT2D eigenvalue weighted by Crippen LogP contribution is -2.18. The van der Waals surface area contributed by atoms with Gasteiger partial charge in [-0.3, -0.25) is 9.69 Å². The third-order valence-electron chi connectivity index (χ3n) is 4.61. The molecule has 3 rings (SSSR count). The molecule has 4 heteroatoms. The first-order chi connectivity index (χ1) is 12.2. The monoisotopic (exact) mass is 333 g/mol. The Hall–Kier alpha value is -2.64. The molecule has 2 aromatic rings. The van der Waals surface area contributed by atoms with E-state index in [0.29, 0.717) is 17.7 Å². The highest BCUT2D eigenvalue weighted by molar-refractivity contribution is 5.99. The zero-order chi connectivity index (χ0) is 17.6. The topological polar surface area (TPSA) is 56.1 Å². The molecule has 0 saturated carbocycles. The highest BCUT2D eigenvalue weighted by atomic mass is 16.1. The fraction of sp³-hybridized carbons (Fsp3) is 0.333. The molecule has 1 aliphatic rings. The molecule has 1 heterocycles. The predicted molar refractivity (Wildman–Crippen MR) is 99.4 cm³/mol. The Morgan fingerprint density at radius 1 is 1.16 bits per heavy atom. The molecule has 4 nitrogen and oxygen atoms in total. The molecule has 0 unspecified atom stereocenters. The number of carbonyl (C=O) groups excluding carboxylic acids is 1. The number of hydrogen-bond acceptors (Lipinski definition) is 4. The summed E-state index contributed by atoms with van der Waals surface area (Å²) in [4.78, 5) is 14.3. The van der Waals surface area contributed by atoms with Gasteiger partial charge in [0.15, 0.2) is 5.78 Å². The van der Waals surface area contributed by atoms with Crippen LogP contribution in [0, 0.1) is 11.3 Å². The largest absolute Gasteiger partial charge is 0.380 e. The Bertz CT molecular complexity index is 801. The summed E-state index contributed by atoms with van der Waals surface area (Å²) >= 11 is 0. The van der Waals surface area contributed by atoms with Gasteiger partial charge in [-0.15, -0.1) is 0 Å². The van der Waals surface area contributed by atoms with Crippen LogP contribution in [-0.4, -0.2) is 23.8 Å². The van der Waals surface area contributed by atoms with E-state index in [1.807, 2.05) is 0 Å². The molecule has 1 N–H and O–H groups in total. The molecule has 2 aromatic carbocycles. The molecule has 1 aliphatic heterocycles. The molecule has 0 amide bonds. The Morgan fingerprint density at radius 3 is 2.64 bits per heavy atom. The van der Waals surface area contributed by atoms with Crippen LogP contribution in [-0.2, 0) is 13.1 Å². The summed E-state index contributed by atoms with van der Waals surface area (Å²) in [5, 5.41) is 12.4. The number of carbonyl (C=O) groups is 1. The predicted octanol–water partition coefficient (Wildman–Crippen LogP) is 3.97. The van der Waals surface area contributed by atoms with Crippen LogP contribution in [0.3, 0.4) is 0 Å². The number of nitriles is 1. The van der Waals surface area contributed by atoms with Gasteiger partial charge in [0, 0.05) is 24.3 Å². The lowest BCUT2D eigenvalue weighted by atomic mass is 10.1. The second kappa shape index (κ2) is 7.96. The van der Waals surface area contributed by atoms with Crippen molar-refractivity contribution in [3.8, 4) is 6.07 Å². The van der Waals surface area contributed by atoms with E-state index in [-0.39, 0.29) is 5.78 Å². The Balaban J connectivity index is 1.71. The summed E-state index contributed by atoms with van der Waals surface area (Å²) in [6.45, 7) is 5.54. The first kappa shape index (κ1) is 17.2. The van der Waals surface area contributed by atoms with Crippen molar-refractivity contribution in [2.45, 2.75) is 32.9 Å². The van der Waals surface area contributed by atoms with Crippen molar-refractivity contribution in [1.29, 1.82) is 5.26 Å². The molecule has 25 heavy (non-hydrogen) atoms. The van der Waals surface area contributed by atoms with Crippen LogP contribution in [0.5, 0.6) is 0 Å². The number of nitrogens with one attached hydrogen (secondary N) is 1. The van der Waals surface area contributed by atoms with Crippen LogP contribution < -0.4 is 5.32 Å². The normalized spacial score (nSPS) is 14.2. The molecule has 0 aromatic heterocycles. The summed E-state index contributed by atoms with van der Waals surface area (Å²) in [6, 6.07) is 15.8. The second-order valence-corrected chi connectivity index (χ2v) is 6.59. The van der Waals surface area contributed by atoms with E-state index >= 15 is 0 Å². The van der Waals surface area contributed by atoms with Crippen molar-refractivity contribution in [3.63, 3.8) is 0 Å². The van der Waals surface area contributed by atoms with E-state index in [9.17, 15) is 4.79 Å². The van der Waals surface area contributed by atoms with Gasteiger partial charge in [-0.25, -0.2) is 0 Å². The molecule has 0 radical (unpaired) electrons. The average Bonchev–Trinajstić information content (AvgIpc) is 3.13. The van der Waals surface area contributed by atoms with Crippen molar-refractivity contribution < 1.29 is 4.79 Å². The quantitative estimate of drug-likeness (QED) is 0.813. The first-order valence-corrected chi connectivity index (χ1v) is 8.75. The minimum Gasteiger partial charge on any atom is -0.380 e. The van der Waals surface area contributed by atoms with Crippen molar-refractivity contribution in [2.24, 2.45) is 0 Å². The molecule has 1 fully saturated rings. The van der Waals surface area contributed by atoms with Gasteiger partial charge >= 0.3 is 0 Å². The van der Waals surface area contributed by atoms with Crippen molar-refractivity contribution in [3.05, 3.63) is 64.7 Å². The van der Waals surface area contributed by atoms with Gasteiger partial charge < -0.3 is 5.32 Å². The van der Waals surface area contributed by atoms with E-state index in [0.717, 1.165) is 12.2 Å². The standard InChI is InChI=1S/C21H23N3O/c1-16(25)20-8-7-17(13-22)12-21(20)23-14-18-5-4-6-19(11-18)15-24-9-2-3-10-24/h4-8,11-12,23H,2-3,9-10,14-15H2,1H3. The Labute approximate surface area is 149 Å². The van der Waals surface area contributed by atoms with Gasteiger partial charge in [0.2, 0.25) is 0 Å². The number of hydrogen-bond donors (Lipinski definition) is 1. The summed E-state index contributed by atoms with van der Waals surface area (Å²) in [6.07, 6.45) is 2.59. The summed E-state index contributed by atoms with van der Waals surface area (Å²) in [5.74, 6) is -0.00484. The number of ketones is 1. The zero-order valence-electron chi connectivity index (χ0n) is 14.6. The van der Waals surface area contributed by atoms with Crippen molar-refractivity contribution in [2.75, 3.05) is 18.4 Å². The Morgan fingerprint density at radius 2 is 1.92 bits per heavy atom. The molecule has 0 bridgehead atoms. The van der Waals surface area contributed by atoms with Gasteiger partial charge in [0.1, 0.15) is 0 Å². The van der Waals surface area contributed by atoms with Crippen molar-refractivity contribution >= 4 is 11.5 Å². The molecular formula is C21H23N3O. The molecule has 128 valence electrons. The first-order valence-electron chi connectivity index (χ1n) is 8.75. The number of anilines is 1. The highest BCUT2D eigenvalue weighted by Crippen LogP contribution is 2.20. The number of likely N-dealkylation sites (tertiary alicyclic amines) is 1. The third-order valence-corrected chi connectivity index (χ3v) is 4.61. The van der Waals surface area contributed by atoms with Crippen LogP contribution >= 0.6 is 0 Å².